The van der Waals surface area contributed by atoms with Gasteiger partial charge in [-0.2, -0.15) is 0 Å². The third kappa shape index (κ3) is 7.59. The Morgan fingerprint density at radius 2 is 2.26 bits per heavy atom. The van der Waals surface area contributed by atoms with E-state index >= 15 is 0 Å². The molecule has 0 aliphatic carbocycles. The minimum atomic E-state index is -0.489. The van der Waals surface area contributed by atoms with Crippen molar-refractivity contribution in [1.82, 2.24) is 10.3 Å². The van der Waals surface area contributed by atoms with Crippen LogP contribution in [0.25, 0.3) is 0 Å². The topological polar surface area (TPSA) is 63.6 Å². The molecule has 5 nitrogen and oxygen atoms in total. The van der Waals surface area contributed by atoms with Crippen LogP contribution < -0.4 is 5.32 Å². The number of hydrogen-bond acceptors (Lipinski definition) is 6. The Morgan fingerprint density at radius 3 is 2.89 bits per heavy atom. The normalized spacial score (nSPS) is 14.5. The van der Waals surface area contributed by atoms with Crippen LogP contribution in [0.4, 0.5) is 0 Å². The van der Waals surface area contributed by atoms with Gasteiger partial charge in [0.1, 0.15) is 0 Å². The number of hydrogen-bond donors (Lipinski definition) is 2. The summed E-state index contributed by atoms with van der Waals surface area (Å²) in [6, 6.07) is 0. The molecule has 2 unspecified atom stereocenters. The van der Waals surface area contributed by atoms with Gasteiger partial charge in [0.15, 0.2) is 0 Å². The first kappa shape index (κ1) is 16.5. The maximum Gasteiger partial charge on any atom is 0.0897 e. The molecular formula is C13H24N2O3S. The largest absolute Gasteiger partial charge is 0.389 e. The summed E-state index contributed by atoms with van der Waals surface area (Å²) in [5.74, 6) is 0. The maximum atomic E-state index is 9.73. The molecule has 0 aliphatic rings. The van der Waals surface area contributed by atoms with E-state index in [9.17, 15) is 5.11 Å². The van der Waals surface area contributed by atoms with Crippen LogP contribution in [0, 0.1) is 6.92 Å². The van der Waals surface area contributed by atoms with Gasteiger partial charge in [0.25, 0.3) is 0 Å². The number of rotatable bonds is 10. The number of thiazole rings is 1. The van der Waals surface area contributed by atoms with Crippen molar-refractivity contribution in [2.45, 2.75) is 32.5 Å². The number of nitrogens with zero attached hydrogens (tertiary/aromatic N) is 1. The van der Waals surface area contributed by atoms with E-state index in [1.807, 2.05) is 13.8 Å². The van der Waals surface area contributed by atoms with E-state index in [1.165, 1.54) is 0 Å². The first-order valence-electron chi connectivity index (χ1n) is 6.52. The average molecular weight is 288 g/mol. The Morgan fingerprint density at radius 1 is 1.47 bits per heavy atom. The molecule has 1 aromatic heterocycles. The smallest absolute Gasteiger partial charge is 0.0897 e. The second-order valence-electron chi connectivity index (χ2n) is 4.57. The molecule has 0 radical (unpaired) electrons. The summed E-state index contributed by atoms with van der Waals surface area (Å²) >= 11 is 1.66. The van der Waals surface area contributed by atoms with Gasteiger partial charge in [-0.3, -0.25) is 0 Å². The van der Waals surface area contributed by atoms with Crippen molar-refractivity contribution in [1.29, 1.82) is 0 Å². The van der Waals surface area contributed by atoms with Crippen molar-refractivity contribution >= 4 is 11.3 Å². The molecule has 0 aliphatic heterocycles. The lowest BCUT2D eigenvalue weighted by atomic mass is 10.3. The number of methoxy groups -OCH3 is 1. The summed E-state index contributed by atoms with van der Waals surface area (Å²) in [6.07, 6.45) is 0.409. The Balaban J connectivity index is 2.02. The highest BCUT2D eigenvalue weighted by Gasteiger charge is 2.07. The minimum Gasteiger partial charge on any atom is -0.389 e. The maximum absolute atomic E-state index is 9.73. The van der Waals surface area contributed by atoms with Crippen molar-refractivity contribution in [2.75, 3.05) is 33.4 Å². The van der Waals surface area contributed by atoms with E-state index in [-0.39, 0.29) is 6.10 Å². The van der Waals surface area contributed by atoms with Crippen LogP contribution in [0.1, 0.15) is 17.6 Å². The molecule has 0 bridgehead atoms. The Kier molecular flexibility index (Phi) is 8.16. The first-order chi connectivity index (χ1) is 9.11. The summed E-state index contributed by atoms with van der Waals surface area (Å²) in [5.41, 5.74) is 1.11. The fraction of sp³-hybridized carbons (Fsp3) is 0.769. The van der Waals surface area contributed by atoms with Crippen LogP contribution >= 0.6 is 11.3 Å². The van der Waals surface area contributed by atoms with E-state index in [2.05, 4.69) is 15.7 Å². The van der Waals surface area contributed by atoms with Gasteiger partial charge >= 0.3 is 0 Å². The fourth-order valence-electron chi connectivity index (χ4n) is 1.63. The molecule has 0 amide bonds. The molecule has 0 saturated carbocycles. The molecular weight excluding hydrogens is 264 g/mol. The Labute approximate surface area is 119 Å². The van der Waals surface area contributed by atoms with E-state index in [1.54, 1.807) is 18.4 Å². The predicted octanol–water partition coefficient (Wildman–Crippen LogP) is 0.996. The highest BCUT2D eigenvalue weighted by atomic mass is 32.1. The molecule has 0 fully saturated rings. The van der Waals surface area contributed by atoms with Crippen LogP contribution in [0.15, 0.2) is 5.38 Å². The van der Waals surface area contributed by atoms with Gasteiger partial charge in [-0.15, -0.1) is 11.3 Å². The summed E-state index contributed by atoms with van der Waals surface area (Å²) in [6.45, 7) is 6.14. The van der Waals surface area contributed by atoms with E-state index in [0.29, 0.717) is 19.8 Å². The first-order valence-corrected chi connectivity index (χ1v) is 7.40. The predicted molar refractivity (Wildman–Crippen MR) is 76.7 cm³/mol. The number of aliphatic hydroxyl groups is 1. The molecule has 19 heavy (non-hydrogen) atoms. The van der Waals surface area contributed by atoms with Crippen molar-refractivity contribution in [3.05, 3.63) is 16.1 Å². The lowest BCUT2D eigenvalue weighted by Gasteiger charge is -2.16. The fourth-order valence-corrected chi connectivity index (χ4v) is 2.27. The van der Waals surface area contributed by atoms with Crippen molar-refractivity contribution in [3.63, 3.8) is 0 Å². The second-order valence-corrected chi connectivity index (χ2v) is 5.63. The van der Waals surface area contributed by atoms with E-state index < -0.39 is 6.10 Å². The molecule has 6 heteroatoms. The number of nitrogens with one attached hydrogen (secondary N) is 1. The van der Waals surface area contributed by atoms with Gasteiger partial charge in [0.2, 0.25) is 0 Å². The SMILES string of the molecule is COCC(C)OCC(O)CNCCc1csc(C)n1. The van der Waals surface area contributed by atoms with Crippen LogP contribution in [0.5, 0.6) is 0 Å². The molecule has 1 aromatic rings. The number of aromatic nitrogens is 1. The third-order valence-corrected chi connectivity index (χ3v) is 3.40. The van der Waals surface area contributed by atoms with Crippen LogP contribution in [0.2, 0.25) is 0 Å². The van der Waals surface area contributed by atoms with Crippen molar-refractivity contribution in [2.24, 2.45) is 0 Å². The number of ether oxygens (including phenoxy) is 2. The van der Waals surface area contributed by atoms with Crippen molar-refractivity contribution in [3.8, 4) is 0 Å². The third-order valence-electron chi connectivity index (χ3n) is 2.58. The molecule has 110 valence electrons. The van der Waals surface area contributed by atoms with Gasteiger partial charge in [0, 0.05) is 32.0 Å². The van der Waals surface area contributed by atoms with Crippen LogP contribution in [-0.4, -0.2) is 55.7 Å². The van der Waals surface area contributed by atoms with Gasteiger partial charge in [-0.1, -0.05) is 0 Å². The monoisotopic (exact) mass is 288 g/mol. The minimum absolute atomic E-state index is 0.0117. The lowest BCUT2D eigenvalue weighted by molar-refractivity contribution is -0.0310. The zero-order valence-electron chi connectivity index (χ0n) is 11.9. The van der Waals surface area contributed by atoms with Gasteiger partial charge < -0.3 is 19.9 Å². The molecule has 1 rings (SSSR count). The van der Waals surface area contributed by atoms with Crippen LogP contribution in [-0.2, 0) is 15.9 Å². The highest BCUT2D eigenvalue weighted by molar-refractivity contribution is 7.09. The Bertz CT molecular complexity index is 346. The van der Waals surface area contributed by atoms with Gasteiger partial charge in [0.05, 0.1) is 36.1 Å². The van der Waals surface area contributed by atoms with Crippen LogP contribution in [0.3, 0.4) is 0 Å². The molecule has 0 saturated heterocycles. The number of aliphatic hydroxyl groups excluding tert-OH is 1. The zero-order valence-corrected chi connectivity index (χ0v) is 12.7. The van der Waals surface area contributed by atoms with E-state index in [4.69, 9.17) is 9.47 Å². The molecule has 0 aromatic carbocycles. The molecule has 1 heterocycles. The van der Waals surface area contributed by atoms with E-state index in [0.717, 1.165) is 23.7 Å². The van der Waals surface area contributed by atoms with Gasteiger partial charge in [-0.05, 0) is 13.8 Å². The van der Waals surface area contributed by atoms with Gasteiger partial charge in [-0.25, -0.2) is 4.98 Å². The molecule has 0 spiro atoms. The van der Waals surface area contributed by atoms with Crippen molar-refractivity contribution < 1.29 is 14.6 Å². The summed E-state index contributed by atoms with van der Waals surface area (Å²) < 4.78 is 10.4. The lowest BCUT2D eigenvalue weighted by Crippen LogP contribution is -2.33. The number of aryl methyl sites for hydroxylation is 1. The average Bonchev–Trinajstić information content (AvgIpc) is 2.78. The summed E-state index contributed by atoms with van der Waals surface area (Å²) in [7, 11) is 1.64. The summed E-state index contributed by atoms with van der Waals surface area (Å²) in [5, 5.41) is 16.1. The standard InChI is InChI=1S/C13H24N2O3S/c1-10(7-17-3)18-8-13(16)6-14-5-4-12-9-19-11(2)15-12/h9-10,13-14,16H,4-8H2,1-3H3. The summed E-state index contributed by atoms with van der Waals surface area (Å²) in [4.78, 5) is 4.38. The second kappa shape index (κ2) is 9.39. The molecule has 2 atom stereocenters. The highest BCUT2D eigenvalue weighted by Crippen LogP contribution is 2.07. The zero-order chi connectivity index (χ0) is 14.1. The molecule has 2 N–H and O–H groups in total. The quantitative estimate of drug-likeness (QED) is 0.629. The Hall–Kier alpha value is -0.530.